The highest BCUT2D eigenvalue weighted by Crippen LogP contribution is 2.25. The summed E-state index contributed by atoms with van der Waals surface area (Å²) in [6.07, 6.45) is 0.203. The van der Waals surface area contributed by atoms with Crippen LogP contribution in [0, 0.1) is 6.92 Å². The second-order valence-corrected chi connectivity index (χ2v) is 6.77. The fourth-order valence-corrected chi connectivity index (χ4v) is 3.29. The molecule has 0 radical (unpaired) electrons. The maximum absolute atomic E-state index is 12.5. The first-order valence-corrected chi connectivity index (χ1v) is 8.79. The van der Waals surface area contributed by atoms with E-state index in [1.807, 2.05) is 31.2 Å². The van der Waals surface area contributed by atoms with Crippen LogP contribution in [-0.4, -0.2) is 17.5 Å². The lowest BCUT2D eigenvalue weighted by Crippen LogP contribution is -2.25. The van der Waals surface area contributed by atoms with Gasteiger partial charge in [-0.25, -0.2) is 0 Å². The van der Waals surface area contributed by atoms with Gasteiger partial charge in [0.05, 0.1) is 6.42 Å². The Morgan fingerprint density at radius 3 is 2.81 bits per heavy atom. The largest absolute Gasteiger partial charge is 0.434 e. The number of benzene rings is 2. The quantitative estimate of drug-likeness (QED) is 0.604. The van der Waals surface area contributed by atoms with Crippen LogP contribution in [0.3, 0.4) is 0 Å². The molecule has 0 aliphatic carbocycles. The van der Waals surface area contributed by atoms with E-state index in [-0.39, 0.29) is 24.6 Å². The number of alkyl halides is 2. The van der Waals surface area contributed by atoms with Crippen molar-refractivity contribution in [1.29, 1.82) is 0 Å². The summed E-state index contributed by atoms with van der Waals surface area (Å²) in [6.45, 7) is -0.896. The predicted octanol–water partition coefficient (Wildman–Crippen LogP) is 4.70. The summed E-state index contributed by atoms with van der Waals surface area (Å²) < 4.78 is 30.3. The number of rotatable bonds is 6. The van der Waals surface area contributed by atoms with E-state index in [9.17, 15) is 13.6 Å². The number of carbonyl (C=O) groups is 1. The van der Waals surface area contributed by atoms with Gasteiger partial charge in [-0.3, -0.25) is 4.79 Å². The highest BCUT2D eigenvalue weighted by Gasteiger charge is 2.14. The summed E-state index contributed by atoms with van der Waals surface area (Å²) in [5, 5.41) is 3.78. The number of nitrogens with one attached hydrogen (secondary N) is 2. The van der Waals surface area contributed by atoms with Crippen LogP contribution in [-0.2, 0) is 17.8 Å². The molecule has 0 aliphatic heterocycles. The number of fused-ring (bicyclic) bond motifs is 1. The predicted molar refractivity (Wildman–Crippen MR) is 99.4 cm³/mol. The topological polar surface area (TPSA) is 54.1 Å². The zero-order valence-corrected chi connectivity index (χ0v) is 15.6. The maximum atomic E-state index is 12.5. The molecule has 1 aromatic heterocycles. The summed E-state index contributed by atoms with van der Waals surface area (Å²) in [7, 11) is 0. The van der Waals surface area contributed by atoms with Crippen molar-refractivity contribution in [3.8, 4) is 5.75 Å². The minimum Gasteiger partial charge on any atom is -0.434 e. The number of aromatic amines is 1. The van der Waals surface area contributed by atoms with Crippen LogP contribution < -0.4 is 10.1 Å². The van der Waals surface area contributed by atoms with Gasteiger partial charge < -0.3 is 15.0 Å². The summed E-state index contributed by atoms with van der Waals surface area (Å²) in [4.78, 5) is 15.6. The van der Waals surface area contributed by atoms with E-state index >= 15 is 0 Å². The standard InChI is InChI=1S/C19H17BrF2N2O2/c1-11-15(14-4-2-3-5-16(14)24-11)9-18(25)23-10-12-8-13(20)6-7-17(12)26-19(21)22/h2-8,19,24H,9-10H2,1H3,(H,23,25). The number of H-pyrrole nitrogens is 1. The van der Waals surface area contributed by atoms with Gasteiger partial charge in [0.15, 0.2) is 0 Å². The lowest BCUT2D eigenvalue weighted by Gasteiger charge is -2.12. The zero-order chi connectivity index (χ0) is 18.7. The third kappa shape index (κ3) is 4.22. The van der Waals surface area contributed by atoms with Gasteiger partial charge in [0.2, 0.25) is 5.91 Å². The lowest BCUT2D eigenvalue weighted by atomic mass is 10.1. The normalized spacial score (nSPS) is 11.1. The Morgan fingerprint density at radius 1 is 1.27 bits per heavy atom. The molecular formula is C19H17BrF2N2O2. The van der Waals surface area contributed by atoms with Crippen LogP contribution in [0.2, 0.25) is 0 Å². The van der Waals surface area contributed by atoms with E-state index < -0.39 is 6.61 Å². The number of hydrogen-bond acceptors (Lipinski definition) is 2. The molecule has 1 heterocycles. The van der Waals surface area contributed by atoms with Gasteiger partial charge in [0.25, 0.3) is 0 Å². The van der Waals surface area contributed by atoms with Crippen molar-refractivity contribution < 1.29 is 18.3 Å². The van der Waals surface area contributed by atoms with Crippen LogP contribution in [0.25, 0.3) is 10.9 Å². The fourth-order valence-electron chi connectivity index (χ4n) is 2.88. The molecule has 0 fully saturated rings. The van der Waals surface area contributed by atoms with Crippen LogP contribution in [0.5, 0.6) is 5.75 Å². The van der Waals surface area contributed by atoms with Gasteiger partial charge in [-0.15, -0.1) is 0 Å². The van der Waals surface area contributed by atoms with E-state index in [1.165, 1.54) is 6.07 Å². The Kier molecular flexibility index (Phi) is 5.56. The molecule has 1 amide bonds. The highest BCUT2D eigenvalue weighted by molar-refractivity contribution is 9.10. The van der Waals surface area contributed by atoms with Crippen LogP contribution >= 0.6 is 15.9 Å². The third-order valence-corrected chi connectivity index (χ3v) is 4.57. The molecule has 4 nitrogen and oxygen atoms in total. The number of carbonyl (C=O) groups excluding carboxylic acids is 1. The van der Waals surface area contributed by atoms with E-state index in [0.717, 1.165) is 26.6 Å². The van der Waals surface area contributed by atoms with Gasteiger partial charge in [-0.2, -0.15) is 8.78 Å². The number of halogens is 3. The number of ether oxygens (including phenoxy) is 1. The molecule has 3 rings (SSSR count). The molecule has 2 N–H and O–H groups in total. The fraction of sp³-hybridized carbons (Fsp3) is 0.211. The zero-order valence-electron chi connectivity index (χ0n) is 14.0. The minimum atomic E-state index is -2.92. The van der Waals surface area contributed by atoms with Gasteiger partial charge >= 0.3 is 6.61 Å². The first-order valence-electron chi connectivity index (χ1n) is 8.00. The first-order chi connectivity index (χ1) is 12.4. The SMILES string of the molecule is Cc1[nH]c2ccccc2c1CC(=O)NCc1cc(Br)ccc1OC(F)F. The number of amides is 1. The Balaban J connectivity index is 1.71. The maximum Gasteiger partial charge on any atom is 0.387 e. The Morgan fingerprint density at radius 2 is 2.04 bits per heavy atom. The Bertz CT molecular complexity index is 940. The smallest absolute Gasteiger partial charge is 0.387 e. The molecule has 3 aromatic rings. The number of para-hydroxylation sites is 1. The van der Waals surface area contributed by atoms with Crippen molar-refractivity contribution in [3.05, 3.63) is 63.8 Å². The third-order valence-electron chi connectivity index (χ3n) is 4.08. The van der Waals surface area contributed by atoms with E-state index in [2.05, 4.69) is 31.0 Å². The number of hydrogen-bond donors (Lipinski definition) is 2. The molecule has 0 atom stereocenters. The Labute approximate surface area is 157 Å². The summed E-state index contributed by atoms with van der Waals surface area (Å²) in [6, 6.07) is 12.5. The molecule has 136 valence electrons. The lowest BCUT2D eigenvalue weighted by molar-refractivity contribution is -0.120. The van der Waals surface area contributed by atoms with Crippen molar-refractivity contribution in [2.24, 2.45) is 0 Å². The van der Waals surface area contributed by atoms with Crippen molar-refractivity contribution in [2.45, 2.75) is 26.5 Å². The van der Waals surface area contributed by atoms with Crippen molar-refractivity contribution in [1.82, 2.24) is 10.3 Å². The van der Waals surface area contributed by atoms with Crippen LogP contribution in [0.4, 0.5) is 8.78 Å². The van der Waals surface area contributed by atoms with Crippen molar-refractivity contribution >= 4 is 32.7 Å². The molecule has 0 saturated heterocycles. The van der Waals surface area contributed by atoms with E-state index in [4.69, 9.17) is 0 Å². The van der Waals surface area contributed by atoms with Crippen LogP contribution in [0.1, 0.15) is 16.8 Å². The Hall–Kier alpha value is -2.41. The summed E-state index contributed by atoms with van der Waals surface area (Å²) in [5.41, 5.74) is 3.32. The molecule has 0 saturated carbocycles. The molecule has 26 heavy (non-hydrogen) atoms. The second kappa shape index (κ2) is 7.86. The van der Waals surface area contributed by atoms with Gasteiger partial charge in [-0.1, -0.05) is 34.1 Å². The molecule has 0 unspecified atom stereocenters. The number of aryl methyl sites for hydroxylation is 1. The van der Waals surface area contributed by atoms with E-state index in [0.29, 0.717) is 5.56 Å². The van der Waals surface area contributed by atoms with Gasteiger partial charge in [0, 0.05) is 33.2 Å². The van der Waals surface area contributed by atoms with Crippen molar-refractivity contribution in [2.75, 3.05) is 0 Å². The first kappa shape index (κ1) is 18.4. The highest BCUT2D eigenvalue weighted by atomic mass is 79.9. The molecule has 0 aliphatic rings. The summed E-state index contributed by atoms with van der Waals surface area (Å²) in [5.74, 6) is -0.146. The minimum absolute atomic E-state index is 0.0479. The average molecular weight is 423 g/mol. The molecule has 0 bridgehead atoms. The average Bonchev–Trinajstić information content (AvgIpc) is 2.90. The van der Waals surface area contributed by atoms with Crippen molar-refractivity contribution in [3.63, 3.8) is 0 Å². The summed E-state index contributed by atoms with van der Waals surface area (Å²) >= 11 is 3.29. The monoisotopic (exact) mass is 422 g/mol. The molecular weight excluding hydrogens is 406 g/mol. The molecule has 0 spiro atoms. The number of aromatic nitrogens is 1. The second-order valence-electron chi connectivity index (χ2n) is 5.86. The van der Waals surface area contributed by atoms with Crippen LogP contribution in [0.15, 0.2) is 46.9 Å². The van der Waals surface area contributed by atoms with Gasteiger partial charge in [-0.05, 0) is 36.8 Å². The molecule has 7 heteroatoms. The van der Waals surface area contributed by atoms with E-state index in [1.54, 1.807) is 12.1 Å². The molecule has 2 aromatic carbocycles. The van der Waals surface area contributed by atoms with Gasteiger partial charge in [0.1, 0.15) is 5.75 Å².